The predicted molar refractivity (Wildman–Crippen MR) is 212 cm³/mol. The van der Waals surface area contributed by atoms with Crippen molar-refractivity contribution in [2.75, 3.05) is 0 Å². The van der Waals surface area contributed by atoms with Gasteiger partial charge in [-0.05, 0) is 0 Å². The summed E-state index contributed by atoms with van der Waals surface area (Å²) < 4.78 is 58.9. The minimum atomic E-state index is -6.09. The second-order valence-corrected chi connectivity index (χ2v) is 14.4. The Hall–Kier alpha value is -2.30. The molecule has 0 saturated heterocycles. The maximum atomic E-state index is 10.7. The van der Waals surface area contributed by atoms with Crippen LogP contribution in [0.4, 0.5) is 13.2 Å². The molecule has 0 aliphatic carbocycles. The number of alkyl halides is 3. The molecule has 12 heteroatoms. The van der Waals surface area contributed by atoms with Crippen molar-refractivity contribution in [1.29, 1.82) is 0 Å². The number of hydrogen-bond acceptors (Lipinski definition) is 3. The van der Waals surface area contributed by atoms with Crippen molar-refractivity contribution in [3.8, 4) is 0 Å². The van der Waals surface area contributed by atoms with Crippen LogP contribution in [0.2, 0.25) is 26.2 Å². The molecular formula is C41H42BrF3O3SSi2Zr2. The van der Waals surface area contributed by atoms with Gasteiger partial charge in [0.05, 0.1) is 0 Å². The molecule has 0 aliphatic heterocycles. The third-order valence-corrected chi connectivity index (χ3v) is 7.04. The van der Waals surface area contributed by atoms with Gasteiger partial charge in [-0.15, -0.1) is 119 Å². The van der Waals surface area contributed by atoms with E-state index in [1.54, 1.807) is 0 Å². The molecule has 8 aromatic rings. The van der Waals surface area contributed by atoms with Crippen molar-refractivity contribution >= 4 is 72.2 Å². The van der Waals surface area contributed by atoms with Gasteiger partial charge in [-0.1, -0.05) is 50.5 Å². The zero-order chi connectivity index (χ0) is 36.8. The molecule has 0 atom stereocenters. The Balaban J connectivity index is 0. The van der Waals surface area contributed by atoms with E-state index < -0.39 is 15.6 Å². The molecule has 274 valence electrons. The van der Waals surface area contributed by atoms with Gasteiger partial charge < -0.3 is 21.5 Å². The second-order valence-electron chi connectivity index (χ2n) is 10.7. The van der Waals surface area contributed by atoms with Crippen molar-refractivity contribution in [1.82, 2.24) is 0 Å². The standard InChI is InChI=1S/4C9H7.2C2H7Si.CHF3O3S.BrH.2Zr/c4*1-2-5-9-7-3-6-8(9)4-1;2*1-3-2;2-1(3,4)8(5,6)7;;;/h4*1-7H;2*3H,1-2H3;(H,5,6,7);1H;;/q4*-1;;;;;2*+3/p-2. The van der Waals surface area contributed by atoms with Gasteiger partial charge >= 0.3 is 57.9 Å². The van der Waals surface area contributed by atoms with Crippen LogP contribution in [0.15, 0.2) is 170 Å². The third-order valence-electron chi connectivity index (χ3n) is 6.47. The molecule has 0 amide bonds. The summed E-state index contributed by atoms with van der Waals surface area (Å²) in [5.41, 5.74) is -5.65. The van der Waals surface area contributed by atoms with Crippen molar-refractivity contribution in [2.24, 2.45) is 0 Å². The van der Waals surface area contributed by atoms with Crippen LogP contribution in [0.5, 0.6) is 0 Å². The largest absolute Gasteiger partial charge is 3.00 e. The average molecular weight is 990 g/mol. The first-order valence-corrected chi connectivity index (χ1v) is 21.9. The van der Waals surface area contributed by atoms with E-state index in [1.807, 2.05) is 0 Å². The van der Waals surface area contributed by atoms with Gasteiger partial charge in [0.15, 0.2) is 10.1 Å². The van der Waals surface area contributed by atoms with Gasteiger partial charge in [0, 0.05) is 19.0 Å². The van der Waals surface area contributed by atoms with E-state index >= 15 is 0 Å². The Morgan fingerprint density at radius 3 is 0.792 bits per heavy atom. The number of benzene rings is 4. The Kier molecular flexibility index (Phi) is 28.9. The quantitative estimate of drug-likeness (QED) is 0.0666. The molecule has 3 nitrogen and oxygen atoms in total. The fourth-order valence-corrected chi connectivity index (χ4v) is 4.28. The number of halogens is 4. The Morgan fingerprint density at radius 1 is 0.472 bits per heavy atom. The molecule has 0 N–H and O–H groups in total. The van der Waals surface area contributed by atoms with Crippen LogP contribution in [0.3, 0.4) is 0 Å². The monoisotopic (exact) mass is 986 g/mol. The molecule has 0 bridgehead atoms. The number of fused-ring (bicyclic) bond motifs is 4. The SMILES string of the molecule is C[SiH]C.C[SiH]C.O=S(=O)([O-])C(F)(F)F.[Br-].[Zr+3].[Zr+3].c1ccc2[cH-]ccc2c1.c1ccc2[cH-]ccc2c1.c1ccc2[cH-]ccc2c1.c1ccc2[cH-]ccc2c1. The maximum Gasteiger partial charge on any atom is 3.00 e. The molecule has 8 rings (SSSR count). The normalized spacial score (nSPS) is 9.74. The summed E-state index contributed by atoms with van der Waals surface area (Å²) in [6.45, 7) is 8.83. The summed E-state index contributed by atoms with van der Waals surface area (Å²) in [5, 5.41) is 10.6. The van der Waals surface area contributed by atoms with Crippen molar-refractivity contribution in [3.63, 3.8) is 0 Å². The van der Waals surface area contributed by atoms with Gasteiger partial charge in [0.1, 0.15) is 0 Å². The fourth-order valence-electron chi connectivity index (χ4n) is 4.28. The van der Waals surface area contributed by atoms with Gasteiger partial charge in [-0.2, -0.15) is 83.2 Å². The fraction of sp³-hybridized carbons (Fsp3) is 0.122. The van der Waals surface area contributed by atoms with Crippen LogP contribution in [0.1, 0.15) is 0 Å². The van der Waals surface area contributed by atoms with Gasteiger partial charge in [-0.3, -0.25) is 0 Å². The van der Waals surface area contributed by atoms with E-state index in [0.29, 0.717) is 0 Å². The van der Waals surface area contributed by atoms with E-state index in [9.17, 15) is 13.2 Å². The summed E-state index contributed by atoms with van der Waals surface area (Å²) in [7, 11) is -4.59. The first kappa shape index (κ1) is 52.8. The minimum absolute atomic E-state index is 0. The maximum absolute atomic E-state index is 10.7. The number of rotatable bonds is 0. The van der Waals surface area contributed by atoms with E-state index in [0.717, 1.165) is 19.0 Å². The third kappa shape index (κ3) is 20.3. The first-order valence-electron chi connectivity index (χ1n) is 15.9. The van der Waals surface area contributed by atoms with Crippen LogP contribution in [0.25, 0.3) is 43.1 Å². The Bertz CT molecular complexity index is 1790. The smallest absolute Gasteiger partial charge is 1.00 e. The molecule has 0 spiro atoms. The van der Waals surface area contributed by atoms with Crippen molar-refractivity contribution in [3.05, 3.63) is 170 Å². The molecule has 4 radical (unpaired) electrons. The van der Waals surface area contributed by atoms with E-state index in [4.69, 9.17) is 13.0 Å². The molecule has 53 heavy (non-hydrogen) atoms. The Morgan fingerprint density at radius 2 is 0.642 bits per heavy atom. The topological polar surface area (TPSA) is 57.2 Å². The molecule has 0 aliphatic rings. The van der Waals surface area contributed by atoms with Gasteiger partial charge in [0.25, 0.3) is 0 Å². The summed E-state index contributed by atoms with van der Waals surface area (Å²) in [6.07, 6.45) is 0. The summed E-state index contributed by atoms with van der Waals surface area (Å²) in [5.74, 6) is 0. The predicted octanol–water partition coefficient (Wildman–Crippen LogP) is 8.32. The molecule has 0 saturated carbocycles. The summed E-state index contributed by atoms with van der Waals surface area (Å²) in [6, 6.07) is 58.7. The average Bonchev–Trinajstić information content (AvgIpc) is 3.92. The first-order chi connectivity index (χ1) is 23.9. The van der Waals surface area contributed by atoms with Crippen LogP contribution in [-0.4, -0.2) is 37.5 Å². The van der Waals surface area contributed by atoms with Crippen LogP contribution < -0.4 is 17.0 Å². The van der Waals surface area contributed by atoms with Crippen LogP contribution in [0, 0.1) is 0 Å². The van der Waals surface area contributed by atoms with E-state index in [-0.39, 0.29) is 69.4 Å². The minimum Gasteiger partial charge on any atom is -1.00 e. The zero-order valence-electron chi connectivity index (χ0n) is 30.0. The molecule has 0 aromatic heterocycles. The summed E-state index contributed by atoms with van der Waals surface area (Å²) >= 11 is 0. The molecular weight excluding hydrogens is 948 g/mol. The van der Waals surface area contributed by atoms with Crippen molar-refractivity contribution in [2.45, 2.75) is 31.7 Å². The zero-order valence-corrected chi connectivity index (χ0v) is 39.6. The van der Waals surface area contributed by atoms with Crippen molar-refractivity contribution < 1.29 is 95.5 Å². The molecule has 0 unspecified atom stereocenters. The van der Waals surface area contributed by atoms with Crippen LogP contribution >= 0.6 is 0 Å². The second kappa shape index (κ2) is 29.0. The van der Waals surface area contributed by atoms with Gasteiger partial charge in [-0.25, -0.2) is 8.42 Å². The molecule has 8 aromatic carbocycles. The van der Waals surface area contributed by atoms with Crippen LogP contribution in [-0.2, 0) is 62.5 Å². The van der Waals surface area contributed by atoms with Gasteiger partial charge in [0.2, 0.25) is 0 Å². The summed E-state index contributed by atoms with van der Waals surface area (Å²) in [4.78, 5) is 0. The van der Waals surface area contributed by atoms with E-state index in [1.165, 1.54) is 43.1 Å². The molecule has 0 heterocycles. The Labute approximate surface area is 365 Å². The van der Waals surface area contributed by atoms with E-state index in [2.05, 4.69) is 196 Å². The number of hydrogen-bond donors (Lipinski definition) is 0. The molecule has 0 fully saturated rings.